The summed E-state index contributed by atoms with van der Waals surface area (Å²) in [6.45, 7) is 2.58. The minimum atomic E-state index is -3.82. The van der Waals surface area contributed by atoms with Gasteiger partial charge in [0.15, 0.2) is 11.6 Å². The first-order valence-corrected chi connectivity index (χ1v) is 8.56. The molecule has 1 aliphatic heterocycles. The zero-order chi connectivity index (χ0) is 16.4. The Kier molecular flexibility index (Phi) is 4.23. The van der Waals surface area contributed by atoms with Crippen LogP contribution in [0.15, 0.2) is 47.4 Å². The van der Waals surface area contributed by atoms with Gasteiger partial charge in [-0.25, -0.2) is 12.8 Å². The van der Waals surface area contributed by atoms with E-state index in [9.17, 15) is 12.8 Å². The zero-order valence-electron chi connectivity index (χ0n) is 12.5. The molecule has 0 aromatic heterocycles. The maximum Gasteiger partial charge on any atom is 0.262 e. The highest BCUT2D eigenvalue weighted by atomic mass is 32.2. The number of aryl methyl sites for hydroxylation is 1. The smallest absolute Gasteiger partial charge is 0.262 e. The Labute approximate surface area is 134 Å². The van der Waals surface area contributed by atoms with E-state index in [1.807, 2.05) is 6.92 Å². The summed E-state index contributed by atoms with van der Waals surface area (Å²) in [5.41, 5.74) is 1.01. The quantitative estimate of drug-likeness (QED) is 0.911. The molecule has 1 N–H and O–H groups in total. The number of anilines is 1. The molecule has 1 saturated heterocycles. The third kappa shape index (κ3) is 3.46. The van der Waals surface area contributed by atoms with Crippen LogP contribution in [0.1, 0.15) is 5.56 Å². The number of nitrogens with one attached hydrogen (secondary N) is 1. The summed E-state index contributed by atoms with van der Waals surface area (Å²) in [6, 6.07) is 10.5. The van der Waals surface area contributed by atoms with Gasteiger partial charge in [0.25, 0.3) is 10.0 Å². The van der Waals surface area contributed by atoms with E-state index in [1.165, 1.54) is 30.3 Å². The number of rotatable bonds is 5. The van der Waals surface area contributed by atoms with Gasteiger partial charge in [0.2, 0.25) is 0 Å². The molecule has 0 aliphatic carbocycles. The van der Waals surface area contributed by atoms with Crippen LogP contribution in [0, 0.1) is 12.7 Å². The van der Waals surface area contributed by atoms with Gasteiger partial charge in [0.05, 0.1) is 23.8 Å². The third-order valence-electron chi connectivity index (χ3n) is 3.43. The summed E-state index contributed by atoms with van der Waals surface area (Å²) in [5.74, 6) is -0.738. The Morgan fingerprint density at radius 2 is 1.87 bits per heavy atom. The third-order valence-corrected chi connectivity index (χ3v) is 4.82. The molecule has 1 heterocycles. The van der Waals surface area contributed by atoms with E-state index in [0.717, 1.165) is 5.56 Å². The van der Waals surface area contributed by atoms with E-state index in [0.29, 0.717) is 13.2 Å². The lowest BCUT2D eigenvalue weighted by molar-refractivity contribution is -0.0805. The summed E-state index contributed by atoms with van der Waals surface area (Å²) in [5, 5.41) is 0. The maximum atomic E-state index is 14.0. The maximum absolute atomic E-state index is 14.0. The van der Waals surface area contributed by atoms with Crippen LogP contribution in [0.3, 0.4) is 0 Å². The summed E-state index contributed by atoms with van der Waals surface area (Å²) in [7, 11) is -3.82. The Hall–Kier alpha value is -2.12. The molecule has 1 fully saturated rings. The molecule has 1 aliphatic rings. The lowest BCUT2D eigenvalue weighted by Gasteiger charge is -2.27. The van der Waals surface area contributed by atoms with Gasteiger partial charge in [-0.1, -0.05) is 23.8 Å². The van der Waals surface area contributed by atoms with Crippen LogP contribution in [0.4, 0.5) is 10.1 Å². The molecule has 2 aromatic rings. The monoisotopic (exact) mass is 337 g/mol. The van der Waals surface area contributed by atoms with Gasteiger partial charge >= 0.3 is 0 Å². The molecule has 7 heteroatoms. The number of hydrogen-bond donors (Lipinski definition) is 1. The van der Waals surface area contributed by atoms with E-state index in [4.69, 9.17) is 9.47 Å². The molecule has 122 valence electrons. The van der Waals surface area contributed by atoms with E-state index < -0.39 is 15.8 Å². The van der Waals surface area contributed by atoms with Crippen LogP contribution in [0.5, 0.6) is 5.75 Å². The average molecular weight is 337 g/mol. The first-order chi connectivity index (χ1) is 11.0. The molecule has 0 spiro atoms. The van der Waals surface area contributed by atoms with Crippen molar-refractivity contribution in [3.8, 4) is 5.75 Å². The fraction of sp³-hybridized carbons (Fsp3) is 0.250. The number of hydrogen-bond acceptors (Lipinski definition) is 4. The largest absolute Gasteiger partial charge is 0.480 e. The molecule has 0 amide bonds. The molecule has 0 radical (unpaired) electrons. The van der Waals surface area contributed by atoms with Gasteiger partial charge in [0.1, 0.15) is 6.10 Å². The number of benzene rings is 2. The molecule has 0 saturated carbocycles. The normalized spacial score (nSPS) is 15.0. The number of sulfonamides is 1. The molecule has 0 unspecified atom stereocenters. The minimum absolute atomic E-state index is 0.0671. The second-order valence-corrected chi connectivity index (χ2v) is 6.99. The fourth-order valence-corrected chi connectivity index (χ4v) is 3.14. The molecule has 3 rings (SSSR count). The summed E-state index contributed by atoms with van der Waals surface area (Å²) >= 11 is 0. The fourth-order valence-electron chi connectivity index (χ4n) is 2.08. The predicted molar refractivity (Wildman–Crippen MR) is 83.6 cm³/mol. The molecule has 23 heavy (non-hydrogen) atoms. The topological polar surface area (TPSA) is 64.6 Å². The zero-order valence-corrected chi connectivity index (χ0v) is 13.3. The minimum Gasteiger partial charge on any atom is -0.480 e. The van der Waals surface area contributed by atoms with Crippen molar-refractivity contribution in [1.82, 2.24) is 0 Å². The first-order valence-electron chi connectivity index (χ1n) is 7.08. The van der Waals surface area contributed by atoms with Gasteiger partial charge in [-0.15, -0.1) is 0 Å². The highest BCUT2D eigenvalue weighted by Gasteiger charge is 2.25. The van der Waals surface area contributed by atoms with Crippen LogP contribution in [0.2, 0.25) is 0 Å². The molecule has 2 aromatic carbocycles. The van der Waals surface area contributed by atoms with E-state index in [-0.39, 0.29) is 22.4 Å². The van der Waals surface area contributed by atoms with Crippen molar-refractivity contribution in [3.05, 3.63) is 53.8 Å². The second kappa shape index (κ2) is 6.17. The van der Waals surface area contributed by atoms with Crippen LogP contribution >= 0.6 is 0 Å². The Morgan fingerprint density at radius 3 is 2.48 bits per heavy atom. The molecule has 0 atom stereocenters. The van der Waals surface area contributed by atoms with Gasteiger partial charge in [-0.3, -0.25) is 4.72 Å². The summed E-state index contributed by atoms with van der Waals surface area (Å²) in [6.07, 6.45) is -0.269. The first kappa shape index (κ1) is 15.8. The van der Waals surface area contributed by atoms with Crippen LogP contribution in [-0.2, 0) is 14.8 Å². The van der Waals surface area contributed by atoms with Crippen molar-refractivity contribution in [2.75, 3.05) is 17.9 Å². The van der Waals surface area contributed by atoms with Crippen LogP contribution in [0.25, 0.3) is 0 Å². The van der Waals surface area contributed by atoms with Gasteiger partial charge < -0.3 is 9.47 Å². The number of halogens is 1. The van der Waals surface area contributed by atoms with Gasteiger partial charge in [0, 0.05) is 0 Å². The predicted octanol–water partition coefficient (Wildman–Crippen LogP) is 2.71. The highest BCUT2D eigenvalue weighted by Crippen LogP contribution is 2.31. The van der Waals surface area contributed by atoms with Gasteiger partial charge in [-0.2, -0.15) is 0 Å². The lowest BCUT2D eigenvalue weighted by atomic mass is 10.2. The van der Waals surface area contributed by atoms with E-state index >= 15 is 0 Å². The number of para-hydroxylation sites is 1. The Balaban J connectivity index is 1.89. The molecule has 0 bridgehead atoms. The number of ether oxygens (including phenoxy) is 2. The molecular formula is C16H16FNO4S. The van der Waals surface area contributed by atoms with Crippen molar-refractivity contribution in [1.29, 1.82) is 0 Å². The average Bonchev–Trinajstić information content (AvgIpc) is 2.45. The summed E-state index contributed by atoms with van der Waals surface area (Å²) < 4.78 is 51.7. The SMILES string of the molecule is Cc1ccc(S(=O)(=O)Nc2cccc(F)c2OC2COC2)cc1. The van der Waals surface area contributed by atoms with Crippen molar-refractivity contribution >= 4 is 15.7 Å². The van der Waals surface area contributed by atoms with Gasteiger partial charge in [-0.05, 0) is 31.2 Å². The van der Waals surface area contributed by atoms with Crippen LogP contribution < -0.4 is 9.46 Å². The van der Waals surface area contributed by atoms with E-state index in [2.05, 4.69) is 4.72 Å². The van der Waals surface area contributed by atoms with Crippen molar-refractivity contribution in [2.45, 2.75) is 17.9 Å². The molecular weight excluding hydrogens is 321 g/mol. The second-order valence-electron chi connectivity index (χ2n) is 5.31. The Bertz CT molecular complexity index is 801. The van der Waals surface area contributed by atoms with Crippen molar-refractivity contribution in [2.24, 2.45) is 0 Å². The lowest BCUT2D eigenvalue weighted by Crippen LogP contribution is -2.39. The van der Waals surface area contributed by atoms with Crippen molar-refractivity contribution < 1.29 is 22.3 Å². The van der Waals surface area contributed by atoms with Crippen molar-refractivity contribution in [3.63, 3.8) is 0 Å². The Morgan fingerprint density at radius 1 is 1.17 bits per heavy atom. The highest BCUT2D eigenvalue weighted by molar-refractivity contribution is 7.92. The standard InChI is InChI=1S/C16H16FNO4S/c1-11-5-7-13(8-6-11)23(19,20)18-15-4-2-3-14(17)16(15)22-12-9-21-10-12/h2-8,12,18H,9-10H2,1H3. The molecule has 5 nitrogen and oxygen atoms in total. The summed E-state index contributed by atoms with van der Waals surface area (Å²) in [4.78, 5) is 0.102. The van der Waals surface area contributed by atoms with Crippen LogP contribution in [-0.4, -0.2) is 27.7 Å². The van der Waals surface area contributed by atoms with E-state index in [1.54, 1.807) is 12.1 Å².